The van der Waals surface area contributed by atoms with E-state index in [1.165, 1.54) is 19.0 Å². The van der Waals surface area contributed by atoms with Crippen molar-refractivity contribution in [3.05, 3.63) is 24.0 Å². The molecule has 2 N–H and O–H groups in total. The maximum absolute atomic E-state index is 10.8. The summed E-state index contributed by atoms with van der Waals surface area (Å²) in [6.07, 6.45) is 5.11. The maximum Gasteiger partial charge on any atom is 0.354 e. The van der Waals surface area contributed by atoms with E-state index in [0.29, 0.717) is 6.04 Å². The minimum absolute atomic E-state index is 0.0887. The molecular weight excluding hydrogens is 216 g/mol. The molecule has 0 saturated heterocycles. The quantitative estimate of drug-likeness (QED) is 0.844. The Morgan fingerprint density at radius 1 is 1.59 bits per heavy atom. The SMILES string of the molecule is CC1(C)CCCC1Nc1ccnc(C(=O)O)c1. The molecule has 1 heterocycles. The summed E-state index contributed by atoms with van der Waals surface area (Å²) in [5.74, 6) is -0.987. The van der Waals surface area contributed by atoms with Crippen molar-refractivity contribution in [2.75, 3.05) is 5.32 Å². The van der Waals surface area contributed by atoms with Crippen molar-refractivity contribution in [3.8, 4) is 0 Å². The molecule has 4 heteroatoms. The molecule has 92 valence electrons. The van der Waals surface area contributed by atoms with Crippen molar-refractivity contribution < 1.29 is 9.90 Å². The van der Waals surface area contributed by atoms with Gasteiger partial charge in [0.05, 0.1) is 0 Å². The minimum atomic E-state index is -0.987. The first-order valence-electron chi connectivity index (χ1n) is 5.95. The molecule has 1 aromatic heterocycles. The highest BCUT2D eigenvalue weighted by Gasteiger charge is 2.34. The lowest BCUT2D eigenvalue weighted by Gasteiger charge is -2.28. The molecule has 1 aromatic rings. The fourth-order valence-electron chi connectivity index (χ4n) is 2.43. The van der Waals surface area contributed by atoms with E-state index in [4.69, 9.17) is 5.11 Å². The Bertz CT molecular complexity index is 429. The molecule has 1 aliphatic rings. The number of aromatic carboxylic acids is 1. The van der Waals surface area contributed by atoms with Crippen LogP contribution >= 0.6 is 0 Å². The monoisotopic (exact) mass is 234 g/mol. The van der Waals surface area contributed by atoms with Gasteiger partial charge in [-0.3, -0.25) is 0 Å². The summed E-state index contributed by atoms with van der Waals surface area (Å²) in [6.45, 7) is 4.49. The van der Waals surface area contributed by atoms with Gasteiger partial charge < -0.3 is 10.4 Å². The largest absolute Gasteiger partial charge is 0.477 e. The molecule has 0 spiro atoms. The number of pyridine rings is 1. The first-order chi connectivity index (χ1) is 7.99. The lowest BCUT2D eigenvalue weighted by molar-refractivity contribution is 0.0690. The number of hydrogen-bond donors (Lipinski definition) is 2. The van der Waals surface area contributed by atoms with Gasteiger partial charge >= 0.3 is 5.97 Å². The Labute approximate surface area is 101 Å². The first-order valence-corrected chi connectivity index (χ1v) is 5.95. The van der Waals surface area contributed by atoms with Crippen LogP contribution in [0.1, 0.15) is 43.6 Å². The number of carboxylic acids is 1. The Balaban J connectivity index is 2.13. The van der Waals surface area contributed by atoms with Gasteiger partial charge in [-0.1, -0.05) is 20.3 Å². The van der Waals surface area contributed by atoms with Crippen molar-refractivity contribution in [2.45, 2.75) is 39.2 Å². The highest BCUT2D eigenvalue weighted by Crippen LogP contribution is 2.38. The molecule has 2 rings (SSSR count). The molecule has 0 aromatic carbocycles. The predicted molar refractivity (Wildman–Crippen MR) is 66.2 cm³/mol. The third-order valence-electron chi connectivity index (χ3n) is 3.58. The molecule has 17 heavy (non-hydrogen) atoms. The molecule has 0 bridgehead atoms. The van der Waals surface area contributed by atoms with E-state index < -0.39 is 5.97 Å². The highest BCUT2D eigenvalue weighted by atomic mass is 16.4. The Morgan fingerprint density at radius 3 is 2.94 bits per heavy atom. The van der Waals surface area contributed by atoms with Crippen LogP contribution in [0.3, 0.4) is 0 Å². The van der Waals surface area contributed by atoms with Crippen LogP contribution in [0, 0.1) is 5.41 Å². The average molecular weight is 234 g/mol. The third kappa shape index (κ3) is 2.57. The molecule has 0 aliphatic heterocycles. The van der Waals surface area contributed by atoms with Gasteiger partial charge in [0.2, 0.25) is 0 Å². The van der Waals surface area contributed by atoms with E-state index in [-0.39, 0.29) is 11.1 Å². The van der Waals surface area contributed by atoms with Crippen LogP contribution in [0.15, 0.2) is 18.3 Å². The van der Waals surface area contributed by atoms with Gasteiger partial charge in [-0.05, 0) is 30.4 Å². The zero-order valence-electron chi connectivity index (χ0n) is 10.2. The number of carbonyl (C=O) groups is 1. The van der Waals surface area contributed by atoms with Gasteiger partial charge in [0.1, 0.15) is 5.69 Å². The second-order valence-electron chi connectivity index (χ2n) is 5.31. The fraction of sp³-hybridized carbons (Fsp3) is 0.538. The van der Waals surface area contributed by atoms with Crippen molar-refractivity contribution in [2.24, 2.45) is 5.41 Å². The number of nitrogens with zero attached hydrogens (tertiary/aromatic N) is 1. The molecule has 1 fully saturated rings. The van der Waals surface area contributed by atoms with Gasteiger partial charge in [-0.2, -0.15) is 0 Å². The fourth-order valence-corrected chi connectivity index (χ4v) is 2.43. The number of nitrogens with one attached hydrogen (secondary N) is 1. The van der Waals surface area contributed by atoms with Crippen LogP contribution < -0.4 is 5.32 Å². The second-order valence-corrected chi connectivity index (χ2v) is 5.31. The normalized spacial score (nSPS) is 22.4. The van der Waals surface area contributed by atoms with Crippen molar-refractivity contribution in [3.63, 3.8) is 0 Å². The predicted octanol–water partition coefficient (Wildman–Crippen LogP) is 2.77. The van der Waals surface area contributed by atoms with Crippen molar-refractivity contribution in [1.82, 2.24) is 4.98 Å². The number of anilines is 1. The Kier molecular flexibility index (Phi) is 3.05. The van der Waals surface area contributed by atoms with Crippen LogP contribution in [-0.2, 0) is 0 Å². The molecule has 0 amide bonds. The maximum atomic E-state index is 10.8. The standard InChI is InChI=1S/C13H18N2O2/c1-13(2)6-3-4-11(13)15-9-5-7-14-10(8-9)12(16)17/h5,7-8,11H,3-4,6H2,1-2H3,(H,14,15)(H,16,17). The molecule has 1 aliphatic carbocycles. The van der Waals surface area contributed by atoms with Crippen LogP contribution in [0.4, 0.5) is 5.69 Å². The van der Waals surface area contributed by atoms with Gasteiger partial charge in [0, 0.05) is 17.9 Å². The van der Waals surface area contributed by atoms with Crippen LogP contribution in [0.5, 0.6) is 0 Å². The lowest BCUT2D eigenvalue weighted by atomic mass is 9.87. The summed E-state index contributed by atoms with van der Waals surface area (Å²) >= 11 is 0. The Hall–Kier alpha value is -1.58. The number of aromatic nitrogens is 1. The van der Waals surface area contributed by atoms with Gasteiger partial charge in [0.15, 0.2) is 0 Å². The summed E-state index contributed by atoms with van der Waals surface area (Å²) < 4.78 is 0. The van der Waals surface area contributed by atoms with E-state index in [1.807, 2.05) is 6.07 Å². The van der Waals surface area contributed by atoms with E-state index in [2.05, 4.69) is 24.1 Å². The van der Waals surface area contributed by atoms with Gasteiger partial charge in [-0.15, -0.1) is 0 Å². The third-order valence-corrected chi connectivity index (χ3v) is 3.58. The molecule has 1 unspecified atom stereocenters. The Morgan fingerprint density at radius 2 is 2.35 bits per heavy atom. The van der Waals surface area contributed by atoms with Gasteiger partial charge in [-0.25, -0.2) is 9.78 Å². The smallest absolute Gasteiger partial charge is 0.354 e. The first kappa shape index (κ1) is 11.9. The molecular formula is C13H18N2O2. The topological polar surface area (TPSA) is 62.2 Å². The van der Waals surface area contributed by atoms with E-state index in [0.717, 1.165) is 12.1 Å². The average Bonchev–Trinajstić information content (AvgIpc) is 2.59. The van der Waals surface area contributed by atoms with Gasteiger partial charge in [0.25, 0.3) is 0 Å². The molecule has 0 radical (unpaired) electrons. The second kappa shape index (κ2) is 4.35. The number of carboxylic acid groups (broad SMARTS) is 1. The summed E-state index contributed by atoms with van der Waals surface area (Å²) in [5.41, 5.74) is 1.20. The lowest BCUT2D eigenvalue weighted by Crippen LogP contribution is -2.30. The van der Waals surface area contributed by atoms with E-state index >= 15 is 0 Å². The zero-order chi connectivity index (χ0) is 12.5. The zero-order valence-corrected chi connectivity index (χ0v) is 10.2. The van der Waals surface area contributed by atoms with E-state index in [9.17, 15) is 4.79 Å². The number of hydrogen-bond acceptors (Lipinski definition) is 3. The van der Waals surface area contributed by atoms with Crippen molar-refractivity contribution in [1.29, 1.82) is 0 Å². The van der Waals surface area contributed by atoms with E-state index in [1.54, 1.807) is 6.07 Å². The minimum Gasteiger partial charge on any atom is -0.477 e. The van der Waals surface area contributed by atoms with Crippen LogP contribution in [0.2, 0.25) is 0 Å². The summed E-state index contributed by atoms with van der Waals surface area (Å²) in [6, 6.07) is 3.82. The molecule has 1 atom stereocenters. The van der Waals surface area contributed by atoms with Crippen molar-refractivity contribution >= 4 is 11.7 Å². The molecule has 1 saturated carbocycles. The summed E-state index contributed by atoms with van der Waals surface area (Å²) in [7, 11) is 0. The molecule has 4 nitrogen and oxygen atoms in total. The summed E-state index contributed by atoms with van der Waals surface area (Å²) in [5, 5.41) is 12.3. The van der Waals surface area contributed by atoms with Crippen LogP contribution in [0.25, 0.3) is 0 Å². The van der Waals surface area contributed by atoms with Crippen LogP contribution in [-0.4, -0.2) is 22.1 Å². The highest BCUT2D eigenvalue weighted by molar-refractivity contribution is 5.86. The number of rotatable bonds is 3. The summed E-state index contributed by atoms with van der Waals surface area (Å²) in [4.78, 5) is 14.6.